The number of rotatable bonds is 10. The predicted octanol–water partition coefficient (Wildman–Crippen LogP) is 1.85. The second-order valence-electron chi connectivity index (χ2n) is 6.57. The van der Waals surface area contributed by atoms with Crippen LogP contribution in [0.15, 0.2) is 24.3 Å². The quantitative estimate of drug-likeness (QED) is 0.589. The zero-order valence-electron chi connectivity index (χ0n) is 14.8. The van der Waals surface area contributed by atoms with Crippen molar-refractivity contribution in [2.45, 2.75) is 45.1 Å². The summed E-state index contributed by atoms with van der Waals surface area (Å²) in [5, 5.41) is 14.0. The molecule has 0 spiro atoms. The summed E-state index contributed by atoms with van der Waals surface area (Å²) >= 11 is 0. The molecule has 0 atom stereocenters. The molecule has 0 saturated heterocycles. The van der Waals surface area contributed by atoms with E-state index in [9.17, 15) is 14.4 Å². The van der Waals surface area contributed by atoms with Crippen molar-refractivity contribution < 1.29 is 24.2 Å². The van der Waals surface area contributed by atoms with Crippen LogP contribution in [0.5, 0.6) is 5.75 Å². The summed E-state index contributed by atoms with van der Waals surface area (Å²) < 4.78 is 5.09. The SMILES string of the molecule is O=C(O)COc1cccc(CNC(=O)CNC(=O)CCC2CCCC2)c1. The summed E-state index contributed by atoms with van der Waals surface area (Å²) in [6.45, 7) is -0.178. The van der Waals surface area contributed by atoms with Gasteiger partial charge in [0.2, 0.25) is 11.8 Å². The Morgan fingerprint density at radius 2 is 1.88 bits per heavy atom. The minimum absolute atomic E-state index is 0.0430. The monoisotopic (exact) mass is 362 g/mol. The molecule has 0 unspecified atom stereocenters. The van der Waals surface area contributed by atoms with Crippen molar-refractivity contribution >= 4 is 17.8 Å². The number of ether oxygens (including phenoxy) is 1. The first-order chi connectivity index (χ1) is 12.5. The molecule has 7 heteroatoms. The number of hydrogen-bond acceptors (Lipinski definition) is 4. The summed E-state index contributed by atoms with van der Waals surface area (Å²) in [6, 6.07) is 6.85. The van der Waals surface area contributed by atoms with Gasteiger partial charge in [-0.15, -0.1) is 0 Å². The third kappa shape index (κ3) is 7.55. The van der Waals surface area contributed by atoms with Crippen LogP contribution < -0.4 is 15.4 Å². The Balaban J connectivity index is 1.64. The van der Waals surface area contributed by atoms with E-state index in [-0.39, 0.29) is 24.9 Å². The number of carbonyl (C=O) groups is 3. The molecule has 1 aliphatic rings. The normalized spacial score (nSPS) is 14.0. The smallest absolute Gasteiger partial charge is 0.341 e. The maximum absolute atomic E-state index is 11.8. The van der Waals surface area contributed by atoms with E-state index in [1.165, 1.54) is 25.7 Å². The molecule has 142 valence electrons. The first-order valence-electron chi connectivity index (χ1n) is 9.00. The van der Waals surface area contributed by atoms with Crippen molar-refractivity contribution in [3.63, 3.8) is 0 Å². The van der Waals surface area contributed by atoms with Gasteiger partial charge in [0.15, 0.2) is 6.61 Å². The molecule has 0 radical (unpaired) electrons. The minimum Gasteiger partial charge on any atom is -0.482 e. The topological polar surface area (TPSA) is 105 Å². The molecule has 26 heavy (non-hydrogen) atoms. The number of carboxylic acid groups (broad SMARTS) is 1. The second kappa shape index (κ2) is 10.4. The van der Waals surface area contributed by atoms with Crippen LogP contribution in [0.25, 0.3) is 0 Å². The Hall–Kier alpha value is -2.57. The largest absolute Gasteiger partial charge is 0.482 e. The summed E-state index contributed by atoms with van der Waals surface area (Å²) in [5.41, 5.74) is 0.786. The van der Waals surface area contributed by atoms with Crippen molar-refractivity contribution in [1.29, 1.82) is 0 Å². The Labute approximate surface area is 153 Å². The highest BCUT2D eigenvalue weighted by Gasteiger charge is 2.16. The van der Waals surface area contributed by atoms with Crippen LogP contribution in [0, 0.1) is 5.92 Å². The third-order valence-corrected chi connectivity index (χ3v) is 4.45. The third-order valence-electron chi connectivity index (χ3n) is 4.45. The first-order valence-corrected chi connectivity index (χ1v) is 9.00. The van der Waals surface area contributed by atoms with E-state index < -0.39 is 12.6 Å². The van der Waals surface area contributed by atoms with E-state index >= 15 is 0 Å². The second-order valence-corrected chi connectivity index (χ2v) is 6.57. The highest BCUT2D eigenvalue weighted by atomic mass is 16.5. The molecule has 0 aliphatic heterocycles. The van der Waals surface area contributed by atoms with Crippen LogP contribution in [-0.4, -0.2) is 36.0 Å². The minimum atomic E-state index is -1.05. The molecule has 2 amide bonds. The maximum atomic E-state index is 11.8. The van der Waals surface area contributed by atoms with Gasteiger partial charge < -0.3 is 20.5 Å². The predicted molar refractivity (Wildman–Crippen MR) is 95.6 cm³/mol. The number of aliphatic carboxylic acids is 1. The van der Waals surface area contributed by atoms with E-state index in [0.717, 1.165) is 12.0 Å². The molecule has 3 N–H and O–H groups in total. The van der Waals surface area contributed by atoms with Crippen molar-refractivity contribution in [3.05, 3.63) is 29.8 Å². The van der Waals surface area contributed by atoms with Crippen molar-refractivity contribution in [3.8, 4) is 5.75 Å². The Morgan fingerprint density at radius 3 is 2.62 bits per heavy atom. The number of hydrogen-bond donors (Lipinski definition) is 3. The molecular formula is C19H26N2O5. The molecule has 1 aliphatic carbocycles. The summed E-state index contributed by atoms with van der Waals surface area (Å²) in [6.07, 6.45) is 6.32. The fourth-order valence-electron chi connectivity index (χ4n) is 3.05. The Bertz CT molecular complexity index is 626. The van der Waals surface area contributed by atoms with Gasteiger partial charge in [0.05, 0.1) is 6.54 Å². The summed E-state index contributed by atoms with van der Waals surface area (Å²) in [7, 11) is 0. The zero-order valence-corrected chi connectivity index (χ0v) is 14.8. The molecule has 7 nitrogen and oxygen atoms in total. The number of benzene rings is 1. The Kier molecular flexibility index (Phi) is 7.92. The zero-order chi connectivity index (χ0) is 18.8. The lowest BCUT2D eigenvalue weighted by Crippen LogP contribution is -2.36. The van der Waals surface area contributed by atoms with Crippen LogP contribution in [0.3, 0.4) is 0 Å². The van der Waals surface area contributed by atoms with Crippen LogP contribution in [0.1, 0.15) is 44.1 Å². The van der Waals surface area contributed by atoms with E-state index in [4.69, 9.17) is 9.84 Å². The fraction of sp³-hybridized carbons (Fsp3) is 0.526. The maximum Gasteiger partial charge on any atom is 0.341 e. The lowest BCUT2D eigenvalue weighted by molar-refractivity contribution is -0.139. The van der Waals surface area contributed by atoms with Gasteiger partial charge in [0.25, 0.3) is 0 Å². The molecule has 0 heterocycles. The molecule has 0 bridgehead atoms. The fourth-order valence-corrected chi connectivity index (χ4v) is 3.05. The van der Waals surface area contributed by atoms with Crippen molar-refractivity contribution in [1.82, 2.24) is 10.6 Å². The van der Waals surface area contributed by atoms with Gasteiger partial charge in [-0.05, 0) is 30.0 Å². The highest BCUT2D eigenvalue weighted by molar-refractivity contribution is 5.84. The number of amides is 2. The van der Waals surface area contributed by atoms with Gasteiger partial charge >= 0.3 is 5.97 Å². The average molecular weight is 362 g/mol. The molecule has 0 aromatic heterocycles. The first kappa shape index (κ1) is 19.8. The van der Waals surface area contributed by atoms with Gasteiger partial charge in [-0.3, -0.25) is 9.59 Å². The van der Waals surface area contributed by atoms with Crippen LogP contribution >= 0.6 is 0 Å². The average Bonchev–Trinajstić information content (AvgIpc) is 3.15. The molecule has 1 fully saturated rings. The molecular weight excluding hydrogens is 336 g/mol. The van der Waals surface area contributed by atoms with Gasteiger partial charge in [-0.1, -0.05) is 37.8 Å². The number of carboxylic acids is 1. The van der Waals surface area contributed by atoms with Gasteiger partial charge in [-0.25, -0.2) is 4.79 Å². The lowest BCUT2D eigenvalue weighted by Gasteiger charge is -2.10. The molecule has 1 aromatic rings. The molecule has 2 rings (SSSR count). The van der Waals surface area contributed by atoms with Crippen molar-refractivity contribution in [2.24, 2.45) is 5.92 Å². The van der Waals surface area contributed by atoms with Gasteiger partial charge in [0, 0.05) is 13.0 Å². The van der Waals surface area contributed by atoms with E-state index in [1.807, 2.05) is 0 Å². The van der Waals surface area contributed by atoms with Crippen LogP contribution in [0.2, 0.25) is 0 Å². The van der Waals surface area contributed by atoms with Gasteiger partial charge in [-0.2, -0.15) is 0 Å². The van der Waals surface area contributed by atoms with Crippen LogP contribution in [0.4, 0.5) is 0 Å². The summed E-state index contributed by atoms with van der Waals surface area (Å²) in [4.78, 5) is 34.1. The van der Waals surface area contributed by atoms with E-state index in [2.05, 4.69) is 10.6 Å². The van der Waals surface area contributed by atoms with Gasteiger partial charge in [0.1, 0.15) is 5.75 Å². The van der Waals surface area contributed by atoms with E-state index in [0.29, 0.717) is 18.1 Å². The number of nitrogens with one attached hydrogen (secondary N) is 2. The lowest BCUT2D eigenvalue weighted by atomic mass is 10.0. The van der Waals surface area contributed by atoms with Crippen molar-refractivity contribution in [2.75, 3.05) is 13.2 Å². The molecule has 1 saturated carbocycles. The highest BCUT2D eigenvalue weighted by Crippen LogP contribution is 2.28. The number of carbonyl (C=O) groups excluding carboxylic acids is 2. The summed E-state index contributed by atoms with van der Waals surface area (Å²) in [5.74, 6) is -0.316. The van der Waals surface area contributed by atoms with Crippen LogP contribution in [-0.2, 0) is 20.9 Å². The standard InChI is InChI=1S/C19H26N2O5/c22-17(9-8-14-4-1-2-5-14)21-12-18(23)20-11-15-6-3-7-16(10-15)26-13-19(24)25/h3,6-7,10,14H,1-2,4-5,8-9,11-13H2,(H,20,23)(H,21,22)(H,24,25). The molecule has 1 aromatic carbocycles. The Morgan fingerprint density at radius 1 is 1.12 bits per heavy atom. The van der Waals surface area contributed by atoms with E-state index in [1.54, 1.807) is 24.3 Å².